The van der Waals surface area contributed by atoms with Crippen LogP contribution in [0.1, 0.15) is 25.5 Å². The standard InChI is InChI=1S/C17H24N6O/c1-14(2)16(23-13-19-12-20-23)17(24)22-9-7-21(8-10-22)11-15-3-5-18-6-4-15/h3-6,12-14,16H,7-11H2,1-2H3/t16-/m0/s1. The number of piperazine rings is 1. The maximum absolute atomic E-state index is 12.9. The van der Waals surface area contributed by atoms with E-state index in [2.05, 4.69) is 20.0 Å². The van der Waals surface area contributed by atoms with Gasteiger partial charge in [0.25, 0.3) is 0 Å². The van der Waals surface area contributed by atoms with Gasteiger partial charge in [0.2, 0.25) is 5.91 Å². The van der Waals surface area contributed by atoms with Crippen molar-refractivity contribution in [3.05, 3.63) is 42.7 Å². The molecule has 3 rings (SSSR count). The van der Waals surface area contributed by atoms with Gasteiger partial charge in [-0.3, -0.25) is 14.7 Å². The van der Waals surface area contributed by atoms with Crippen LogP contribution in [0.4, 0.5) is 0 Å². The fourth-order valence-electron chi connectivity index (χ4n) is 3.12. The SMILES string of the molecule is CC(C)[C@@H](C(=O)N1CCN(Cc2ccncc2)CC1)n1cncn1. The fraction of sp³-hybridized carbons (Fsp3) is 0.529. The number of amides is 1. The van der Waals surface area contributed by atoms with Crippen LogP contribution in [0.5, 0.6) is 0 Å². The molecule has 0 aliphatic carbocycles. The number of carbonyl (C=O) groups excluding carboxylic acids is 1. The van der Waals surface area contributed by atoms with Crippen molar-refractivity contribution in [2.75, 3.05) is 26.2 Å². The lowest BCUT2D eigenvalue weighted by molar-refractivity contribution is -0.138. The summed E-state index contributed by atoms with van der Waals surface area (Å²) in [4.78, 5) is 25.3. The van der Waals surface area contributed by atoms with Gasteiger partial charge in [0.1, 0.15) is 18.7 Å². The second-order valence-corrected chi connectivity index (χ2v) is 6.52. The van der Waals surface area contributed by atoms with Gasteiger partial charge < -0.3 is 4.90 Å². The molecule has 7 heteroatoms. The molecule has 0 radical (unpaired) electrons. The zero-order chi connectivity index (χ0) is 16.9. The molecule has 0 saturated carbocycles. The van der Waals surface area contributed by atoms with E-state index >= 15 is 0 Å². The summed E-state index contributed by atoms with van der Waals surface area (Å²) < 4.78 is 1.68. The lowest BCUT2D eigenvalue weighted by Gasteiger charge is -2.37. The highest BCUT2D eigenvalue weighted by Gasteiger charge is 2.31. The van der Waals surface area contributed by atoms with Gasteiger partial charge in [-0.05, 0) is 23.6 Å². The smallest absolute Gasteiger partial charge is 0.247 e. The molecular formula is C17H24N6O. The highest BCUT2D eigenvalue weighted by atomic mass is 16.2. The van der Waals surface area contributed by atoms with E-state index in [0.29, 0.717) is 0 Å². The van der Waals surface area contributed by atoms with Gasteiger partial charge in [0, 0.05) is 45.1 Å². The van der Waals surface area contributed by atoms with Crippen molar-refractivity contribution in [3.63, 3.8) is 0 Å². The maximum atomic E-state index is 12.9. The summed E-state index contributed by atoms with van der Waals surface area (Å²) in [6.07, 6.45) is 6.75. The van der Waals surface area contributed by atoms with Crippen molar-refractivity contribution in [1.82, 2.24) is 29.5 Å². The molecule has 1 aliphatic heterocycles. The van der Waals surface area contributed by atoms with E-state index in [9.17, 15) is 4.79 Å². The number of aromatic nitrogens is 4. The lowest BCUT2D eigenvalue weighted by Crippen LogP contribution is -2.50. The van der Waals surface area contributed by atoms with Crippen molar-refractivity contribution in [2.24, 2.45) is 5.92 Å². The average molecular weight is 328 g/mol. The van der Waals surface area contributed by atoms with Crippen LogP contribution >= 0.6 is 0 Å². The molecule has 2 aromatic rings. The molecule has 0 spiro atoms. The Balaban J connectivity index is 1.58. The summed E-state index contributed by atoms with van der Waals surface area (Å²) in [5.74, 6) is 0.313. The summed E-state index contributed by atoms with van der Waals surface area (Å²) in [6, 6.07) is 3.80. The topological polar surface area (TPSA) is 67.2 Å². The van der Waals surface area contributed by atoms with Crippen LogP contribution in [0.3, 0.4) is 0 Å². The van der Waals surface area contributed by atoms with Crippen molar-refractivity contribution in [1.29, 1.82) is 0 Å². The van der Waals surface area contributed by atoms with Gasteiger partial charge in [-0.25, -0.2) is 9.67 Å². The van der Waals surface area contributed by atoms with E-state index in [-0.39, 0.29) is 17.9 Å². The molecule has 2 aromatic heterocycles. The van der Waals surface area contributed by atoms with Crippen LogP contribution in [0.25, 0.3) is 0 Å². The van der Waals surface area contributed by atoms with Crippen molar-refractivity contribution in [2.45, 2.75) is 26.4 Å². The first-order valence-corrected chi connectivity index (χ1v) is 8.39. The molecule has 3 heterocycles. The highest BCUT2D eigenvalue weighted by molar-refractivity contribution is 5.80. The number of nitrogens with zero attached hydrogens (tertiary/aromatic N) is 6. The molecule has 0 N–H and O–H groups in total. The Morgan fingerprint density at radius 2 is 1.83 bits per heavy atom. The zero-order valence-electron chi connectivity index (χ0n) is 14.2. The second-order valence-electron chi connectivity index (χ2n) is 6.52. The number of pyridine rings is 1. The molecule has 128 valence electrons. The monoisotopic (exact) mass is 328 g/mol. The van der Waals surface area contributed by atoms with Gasteiger partial charge in [-0.1, -0.05) is 13.8 Å². The van der Waals surface area contributed by atoms with Crippen LogP contribution in [0, 0.1) is 5.92 Å². The minimum Gasteiger partial charge on any atom is -0.338 e. The van der Waals surface area contributed by atoms with Crippen LogP contribution in [0.15, 0.2) is 37.2 Å². The van der Waals surface area contributed by atoms with Gasteiger partial charge >= 0.3 is 0 Å². The van der Waals surface area contributed by atoms with E-state index in [1.54, 1.807) is 11.0 Å². The van der Waals surface area contributed by atoms with E-state index in [0.717, 1.165) is 32.7 Å². The van der Waals surface area contributed by atoms with Crippen molar-refractivity contribution < 1.29 is 4.79 Å². The zero-order valence-corrected chi connectivity index (χ0v) is 14.2. The van der Waals surface area contributed by atoms with Gasteiger partial charge in [0.05, 0.1) is 0 Å². The summed E-state index contributed by atoms with van der Waals surface area (Å²) >= 11 is 0. The molecule has 0 aromatic carbocycles. The summed E-state index contributed by atoms with van der Waals surface area (Å²) in [7, 11) is 0. The third-order valence-electron chi connectivity index (χ3n) is 4.45. The second kappa shape index (κ2) is 7.53. The molecule has 0 unspecified atom stereocenters. The largest absolute Gasteiger partial charge is 0.338 e. The third kappa shape index (κ3) is 3.79. The van der Waals surface area contributed by atoms with E-state index < -0.39 is 0 Å². The number of carbonyl (C=O) groups is 1. The number of rotatable bonds is 5. The molecular weight excluding hydrogens is 304 g/mol. The Labute approximate surface area is 142 Å². The molecule has 1 aliphatic rings. The third-order valence-corrected chi connectivity index (χ3v) is 4.45. The Kier molecular flexibility index (Phi) is 5.20. The number of hydrogen-bond donors (Lipinski definition) is 0. The van der Waals surface area contributed by atoms with Crippen molar-refractivity contribution >= 4 is 5.91 Å². The first-order valence-electron chi connectivity index (χ1n) is 8.39. The summed E-state index contributed by atoms with van der Waals surface area (Å²) in [5, 5.41) is 4.17. The molecule has 1 atom stereocenters. The van der Waals surface area contributed by atoms with Crippen LogP contribution in [-0.2, 0) is 11.3 Å². The predicted octanol–water partition coefficient (Wildman–Crippen LogP) is 1.21. The average Bonchev–Trinajstić information content (AvgIpc) is 3.10. The van der Waals surface area contributed by atoms with E-state index in [1.807, 2.05) is 43.3 Å². The molecule has 1 saturated heterocycles. The van der Waals surface area contributed by atoms with Crippen LogP contribution in [0.2, 0.25) is 0 Å². The first kappa shape index (κ1) is 16.6. The lowest BCUT2D eigenvalue weighted by atomic mass is 10.0. The normalized spacial score (nSPS) is 17.2. The molecule has 0 bridgehead atoms. The summed E-state index contributed by atoms with van der Waals surface area (Å²) in [5.41, 5.74) is 1.26. The van der Waals surface area contributed by atoms with Gasteiger partial charge in [0.15, 0.2) is 0 Å². The van der Waals surface area contributed by atoms with Crippen molar-refractivity contribution in [3.8, 4) is 0 Å². The Bertz CT molecular complexity index is 634. The Morgan fingerprint density at radius 1 is 1.12 bits per heavy atom. The predicted molar refractivity (Wildman–Crippen MR) is 90.0 cm³/mol. The Morgan fingerprint density at radius 3 is 2.42 bits per heavy atom. The number of hydrogen-bond acceptors (Lipinski definition) is 5. The van der Waals surface area contributed by atoms with E-state index in [4.69, 9.17) is 0 Å². The minimum absolute atomic E-state index is 0.138. The minimum atomic E-state index is -0.278. The van der Waals surface area contributed by atoms with Crippen LogP contribution < -0.4 is 0 Å². The summed E-state index contributed by atoms with van der Waals surface area (Å²) in [6.45, 7) is 8.27. The highest BCUT2D eigenvalue weighted by Crippen LogP contribution is 2.20. The molecule has 1 fully saturated rings. The first-order chi connectivity index (χ1) is 11.6. The van der Waals surface area contributed by atoms with Crippen LogP contribution in [-0.4, -0.2) is 61.6 Å². The fourth-order valence-corrected chi connectivity index (χ4v) is 3.12. The van der Waals surface area contributed by atoms with Gasteiger partial charge in [-0.2, -0.15) is 5.10 Å². The quantitative estimate of drug-likeness (QED) is 0.825. The van der Waals surface area contributed by atoms with Gasteiger partial charge in [-0.15, -0.1) is 0 Å². The Hall–Kier alpha value is -2.28. The maximum Gasteiger partial charge on any atom is 0.247 e. The molecule has 7 nitrogen and oxygen atoms in total. The van der Waals surface area contributed by atoms with E-state index in [1.165, 1.54) is 11.9 Å². The molecule has 1 amide bonds. The molecule has 24 heavy (non-hydrogen) atoms.